The Labute approximate surface area is 168 Å². The molecule has 4 rings (SSSR count). The van der Waals surface area contributed by atoms with Crippen LogP contribution in [0.25, 0.3) is 0 Å². The maximum absolute atomic E-state index is 13.6. The van der Waals surface area contributed by atoms with Crippen molar-refractivity contribution < 1.29 is 17.9 Å². The molecule has 3 aliphatic rings. The van der Waals surface area contributed by atoms with E-state index in [4.69, 9.17) is 9.47 Å². The van der Waals surface area contributed by atoms with Crippen LogP contribution < -0.4 is 0 Å². The summed E-state index contributed by atoms with van der Waals surface area (Å²) in [5.74, 6) is 0. The Morgan fingerprint density at radius 1 is 0.964 bits per heavy atom. The van der Waals surface area contributed by atoms with Gasteiger partial charge in [0.05, 0.1) is 18.1 Å². The van der Waals surface area contributed by atoms with Crippen molar-refractivity contribution in [3.05, 3.63) is 29.3 Å². The second-order valence-corrected chi connectivity index (χ2v) is 9.94. The number of fused-ring (bicyclic) bond motifs is 1. The van der Waals surface area contributed by atoms with Crippen molar-refractivity contribution in [3.63, 3.8) is 0 Å². The van der Waals surface area contributed by atoms with E-state index in [0.717, 1.165) is 65.0 Å². The molecule has 0 bridgehead atoms. The lowest BCUT2D eigenvalue weighted by atomic mass is 9.92. The molecule has 0 atom stereocenters. The summed E-state index contributed by atoms with van der Waals surface area (Å²) in [5.41, 5.74) is 2.53. The van der Waals surface area contributed by atoms with Crippen LogP contribution in [0.5, 0.6) is 0 Å². The minimum absolute atomic E-state index is 0.0239. The van der Waals surface area contributed by atoms with Gasteiger partial charge in [0.2, 0.25) is 10.0 Å². The van der Waals surface area contributed by atoms with Crippen molar-refractivity contribution in [1.82, 2.24) is 9.21 Å². The third-order valence-corrected chi connectivity index (χ3v) is 8.21. The molecule has 0 saturated carbocycles. The van der Waals surface area contributed by atoms with Crippen LogP contribution in [0.4, 0.5) is 0 Å². The van der Waals surface area contributed by atoms with Crippen LogP contribution in [-0.4, -0.2) is 76.3 Å². The Morgan fingerprint density at radius 3 is 2.39 bits per heavy atom. The molecule has 0 amide bonds. The summed E-state index contributed by atoms with van der Waals surface area (Å²) in [5, 5.41) is 0. The van der Waals surface area contributed by atoms with Gasteiger partial charge in [-0.2, -0.15) is 4.31 Å². The molecular weight excluding hydrogens is 376 g/mol. The van der Waals surface area contributed by atoms with E-state index in [9.17, 15) is 8.42 Å². The number of hydrogen-bond acceptors (Lipinski definition) is 5. The van der Waals surface area contributed by atoms with Crippen molar-refractivity contribution in [2.24, 2.45) is 0 Å². The van der Waals surface area contributed by atoms with E-state index in [1.807, 2.05) is 18.2 Å². The largest absolute Gasteiger partial charge is 0.381 e. The molecule has 0 aromatic heterocycles. The highest BCUT2D eigenvalue weighted by atomic mass is 32.2. The Hall–Kier alpha value is -0.990. The monoisotopic (exact) mass is 408 g/mol. The summed E-state index contributed by atoms with van der Waals surface area (Å²) in [7, 11) is -3.52. The van der Waals surface area contributed by atoms with E-state index in [-0.39, 0.29) is 6.04 Å². The molecule has 2 saturated heterocycles. The van der Waals surface area contributed by atoms with Crippen molar-refractivity contribution in [2.75, 3.05) is 52.6 Å². The van der Waals surface area contributed by atoms with Gasteiger partial charge in [0.1, 0.15) is 0 Å². The van der Waals surface area contributed by atoms with E-state index in [0.29, 0.717) is 24.7 Å². The average molecular weight is 409 g/mol. The minimum Gasteiger partial charge on any atom is -0.381 e. The fourth-order valence-electron chi connectivity index (χ4n) is 4.54. The van der Waals surface area contributed by atoms with Crippen LogP contribution in [0.1, 0.15) is 36.8 Å². The van der Waals surface area contributed by atoms with E-state index in [1.165, 1.54) is 17.5 Å². The van der Waals surface area contributed by atoms with E-state index < -0.39 is 10.0 Å². The van der Waals surface area contributed by atoms with Crippen LogP contribution >= 0.6 is 0 Å². The lowest BCUT2D eigenvalue weighted by Crippen LogP contribution is -2.48. The first kappa shape index (κ1) is 20.3. The van der Waals surface area contributed by atoms with Crippen LogP contribution in [0.3, 0.4) is 0 Å². The Balaban J connectivity index is 1.56. The summed E-state index contributed by atoms with van der Waals surface area (Å²) in [4.78, 5) is 2.76. The van der Waals surface area contributed by atoms with Gasteiger partial charge in [-0.05, 0) is 61.8 Å². The average Bonchev–Trinajstić information content (AvgIpc) is 2.75. The molecule has 156 valence electrons. The molecule has 2 heterocycles. The highest BCUT2D eigenvalue weighted by Gasteiger charge is 2.33. The standard InChI is InChI=1S/C21H32N2O4S/c24-28(25,21-6-5-18-3-1-2-4-19(18)17-21)23(20-7-13-26-14-8-20)10-9-22-11-15-27-16-12-22/h5-6,17,20H,1-4,7-16H2. The Bertz CT molecular complexity index is 756. The van der Waals surface area contributed by atoms with Crippen LogP contribution in [0, 0.1) is 0 Å². The first-order valence-corrected chi connectivity index (χ1v) is 12.1. The Morgan fingerprint density at radius 2 is 1.64 bits per heavy atom. The van der Waals surface area contributed by atoms with Crippen molar-refractivity contribution in [3.8, 4) is 0 Å². The second kappa shape index (κ2) is 9.22. The molecule has 1 aromatic rings. The number of nitrogens with zero attached hydrogens (tertiary/aromatic N) is 2. The quantitative estimate of drug-likeness (QED) is 0.721. The summed E-state index contributed by atoms with van der Waals surface area (Å²) >= 11 is 0. The second-order valence-electron chi connectivity index (χ2n) is 8.05. The number of rotatable bonds is 6. The van der Waals surface area contributed by atoms with E-state index in [2.05, 4.69) is 4.90 Å². The zero-order valence-corrected chi connectivity index (χ0v) is 17.5. The fourth-order valence-corrected chi connectivity index (χ4v) is 6.27. The van der Waals surface area contributed by atoms with Crippen molar-refractivity contribution >= 4 is 10.0 Å². The number of morpholine rings is 1. The maximum atomic E-state index is 13.6. The predicted molar refractivity (Wildman–Crippen MR) is 108 cm³/mol. The van der Waals surface area contributed by atoms with Gasteiger partial charge in [0.25, 0.3) is 0 Å². The summed E-state index contributed by atoms with van der Waals surface area (Å²) in [6, 6.07) is 5.81. The van der Waals surface area contributed by atoms with Gasteiger partial charge in [-0.1, -0.05) is 6.07 Å². The smallest absolute Gasteiger partial charge is 0.243 e. The molecular formula is C21H32N2O4S. The SMILES string of the molecule is O=S(=O)(c1ccc2c(c1)CCCC2)N(CCN1CCOCC1)C1CCOCC1. The molecule has 0 radical (unpaired) electrons. The zero-order chi connectivity index (χ0) is 19.4. The highest BCUT2D eigenvalue weighted by molar-refractivity contribution is 7.89. The minimum atomic E-state index is -3.52. The molecule has 6 nitrogen and oxygen atoms in total. The molecule has 2 aliphatic heterocycles. The first-order valence-electron chi connectivity index (χ1n) is 10.7. The highest BCUT2D eigenvalue weighted by Crippen LogP contribution is 2.28. The van der Waals surface area contributed by atoms with Gasteiger partial charge < -0.3 is 9.47 Å². The molecule has 0 N–H and O–H groups in total. The number of hydrogen-bond donors (Lipinski definition) is 0. The third kappa shape index (κ3) is 4.60. The molecule has 1 aromatic carbocycles. The summed E-state index contributed by atoms with van der Waals surface area (Å²) in [6.45, 7) is 5.77. The molecule has 1 aliphatic carbocycles. The van der Waals surface area contributed by atoms with Gasteiger partial charge in [0.15, 0.2) is 0 Å². The lowest BCUT2D eigenvalue weighted by Gasteiger charge is -2.35. The number of benzene rings is 1. The van der Waals surface area contributed by atoms with Crippen LogP contribution in [0.15, 0.2) is 23.1 Å². The fraction of sp³-hybridized carbons (Fsp3) is 0.714. The van der Waals surface area contributed by atoms with Gasteiger partial charge in [-0.15, -0.1) is 0 Å². The van der Waals surface area contributed by atoms with Crippen LogP contribution in [-0.2, 0) is 32.3 Å². The van der Waals surface area contributed by atoms with E-state index >= 15 is 0 Å². The zero-order valence-electron chi connectivity index (χ0n) is 16.6. The number of ether oxygens (including phenoxy) is 2. The first-order chi connectivity index (χ1) is 13.6. The summed E-state index contributed by atoms with van der Waals surface area (Å²) in [6.07, 6.45) is 5.95. The van der Waals surface area contributed by atoms with Gasteiger partial charge in [-0.25, -0.2) is 8.42 Å². The number of aryl methyl sites for hydroxylation is 2. The molecule has 2 fully saturated rings. The van der Waals surface area contributed by atoms with Gasteiger partial charge in [-0.3, -0.25) is 4.90 Å². The topological polar surface area (TPSA) is 59.1 Å². The van der Waals surface area contributed by atoms with E-state index in [1.54, 1.807) is 4.31 Å². The lowest BCUT2D eigenvalue weighted by molar-refractivity contribution is 0.0291. The van der Waals surface area contributed by atoms with Gasteiger partial charge >= 0.3 is 0 Å². The molecule has 0 spiro atoms. The predicted octanol–water partition coefficient (Wildman–Crippen LogP) is 2.07. The summed E-state index contributed by atoms with van der Waals surface area (Å²) < 4.78 is 39.9. The van der Waals surface area contributed by atoms with Crippen LogP contribution in [0.2, 0.25) is 0 Å². The normalized spacial score (nSPS) is 22.3. The number of sulfonamides is 1. The third-order valence-electron chi connectivity index (χ3n) is 6.26. The molecule has 0 unspecified atom stereocenters. The van der Waals surface area contributed by atoms with Gasteiger partial charge in [0, 0.05) is 45.4 Å². The molecule has 7 heteroatoms. The molecule has 28 heavy (non-hydrogen) atoms. The Kier molecular flexibility index (Phi) is 6.68. The maximum Gasteiger partial charge on any atom is 0.243 e. The van der Waals surface area contributed by atoms with Crippen molar-refractivity contribution in [2.45, 2.75) is 49.5 Å². The van der Waals surface area contributed by atoms with Crippen molar-refractivity contribution in [1.29, 1.82) is 0 Å².